The Kier molecular flexibility index (Phi) is 8.60. The molecule has 3 aromatic carbocycles. The molecule has 0 aliphatic carbocycles. The second kappa shape index (κ2) is 11.9. The van der Waals surface area contributed by atoms with Crippen LogP contribution >= 0.6 is 23.4 Å². The Hall–Kier alpha value is -2.95. The molecule has 0 aromatic heterocycles. The fourth-order valence-corrected chi connectivity index (χ4v) is 5.86. The number of carbonyl (C=O) groups excluding carboxylic acids is 1. The van der Waals surface area contributed by atoms with Gasteiger partial charge in [-0.25, -0.2) is 12.8 Å². The van der Waals surface area contributed by atoms with E-state index in [2.05, 4.69) is 5.32 Å². The summed E-state index contributed by atoms with van der Waals surface area (Å²) >= 11 is 7.52. The van der Waals surface area contributed by atoms with E-state index >= 15 is 0 Å². The van der Waals surface area contributed by atoms with Crippen molar-refractivity contribution in [3.8, 4) is 11.5 Å². The third-order valence-electron chi connectivity index (χ3n) is 5.23. The molecule has 1 amide bonds. The summed E-state index contributed by atoms with van der Waals surface area (Å²) in [5.41, 5.74) is 0.166. The van der Waals surface area contributed by atoms with Crippen LogP contribution in [0.4, 0.5) is 10.1 Å². The standard InChI is InChI=1S/C25H24ClFN2O5S2/c26-18-2-8-21(9-3-18)35-15-1-12-28-25(30)17-29(20-6-4-19(27)5-7-20)36(31,32)22-10-11-23-24(16-22)34-14-13-33-23/h2-11,16H,1,12-15,17H2,(H,28,30). The molecule has 1 N–H and O–H groups in total. The van der Waals surface area contributed by atoms with Crippen molar-refractivity contribution in [2.45, 2.75) is 16.2 Å². The van der Waals surface area contributed by atoms with Crippen molar-refractivity contribution in [3.63, 3.8) is 0 Å². The molecule has 11 heteroatoms. The van der Waals surface area contributed by atoms with Crippen molar-refractivity contribution in [2.24, 2.45) is 0 Å². The van der Waals surface area contributed by atoms with Crippen molar-refractivity contribution in [2.75, 3.05) is 36.4 Å². The second-order valence-electron chi connectivity index (χ2n) is 7.80. The third-order valence-corrected chi connectivity index (χ3v) is 8.35. The van der Waals surface area contributed by atoms with E-state index in [1.54, 1.807) is 11.8 Å². The number of rotatable bonds is 10. The van der Waals surface area contributed by atoms with Gasteiger partial charge in [-0.15, -0.1) is 11.8 Å². The molecule has 0 saturated heterocycles. The summed E-state index contributed by atoms with van der Waals surface area (Å²) in [6.07, 6.45) is 0.685. The molecule has 3 aromatic rings. The summed E-state index contributed by atoms with van der Waals surface area (Å²) in [6.45, 7) is 0.587. The highest BCUT2D eigenvalue weighted by atomic mass is 35.5. The van der Waals surface area contributed by atoms with E-state index < -0.39 is 28.3 Å². The lowest BCUT2D eigenvalue weighted by atomic mass is 10.3. The van der Waals surface area contributed by atoms with Crippen LogP contribution in [0.25, 0.3) is 0 Å². The van der Waals surface area contributed by atoms with Crippen molar-refractivity contribution in [1.29, 1.82) is 0 Å². The first-order chi connectivity index (χ1) is 17.3. The third kappa shape index (κ3) is 6.63. The number of sulfonamides is 1. The van der Waals surface area contributed by atoms with Crippen LogP contribution in [0.2, 0.25) is 5.02 Å². The number of hydrogen-bond acceptors (Lipinski definition) is 6. The van der Waals surface area contributed by atoms with Gasteiger partial charge in [0.15, 0.2) is 11.5 Å². The summed E-state index contributed by atoms with van der Waals surface area (Å²) in [4.78, 5) is 13.7. The number of thioether (sulfide) groups is 1. The number of amides is 1. The van der Waals surface area contributed by atoms with Gasteiger partial charge in [0.25, 0.3) is 10.0 Å². The van der Waals surface area contributed by atoms with Crippen LogP contribution < -0.4 is 19.1 Å². The quantitative estimate of drug-likeness (QED) is 0.290. The SMILES string of the molecule is O=C(CN(c1ccc(F)cc1)S(=O)(=O)c1ccc2c(c1)OCCO2)NCCCSc1ccc(Cl)cc1. The number of carbonyl (C=O) groups is 1. The van der Waals surface area contributed by atoms with Gasteiger partial charge in [0, 0.05) is 22.5 Å². The van der Waals surface area contributed by atoms with E-state index in [0.29, 0.717) is 42.7 Å². The number of halogens is 2. The molecule has 0 spiro atoms. The van der Waals surface area contributed by atoms with Gasteiger partial charge in [-0.3, -0.25) is 9.10 Å². The first-order valence-electron chi connectivity index (χ1n) is 11.2. The Bertz CT molecular complexity index is 1310. The Morgan fingerprint density at radius 2 is 1.69 bits per heavy atom. The summed E-state index contributed by atoms with van der Waals surface area (Å²) in [7, 11) is -4.17. The molecule has 0 fully saturated rings. The molecule has 7 nitrogen and oxygen atoms in total. The molecular formula is C25H24ClFN2O5S2. The van der Waals surface area contributed by atoms with E-state index in [0.717, 1.165) is 27.1 Å². The number of fused-ring (bicyclic) bond motifs is 1. The van der Waals surface area contributed by atoms with E-state index in [1.807, 2.05) is 24.3 Å². The molecule has 190 valence electrons. The lowest BCUT2D eigenvalue weighted by molar-refractivity contribution is -0.119. The number of nitrogens with one attached hydrogen (secondary N) is 1. The monoisotopic (exact) mass is 550 g/mol. The largest absolute Gasteiger partial charge is 0.486 e. The van der Waals surface area contributed by atoms with Crippen LogP contribution in [-0.4, -0.2) is 46.4 Å². The Morgan fingerprint density at radius 1 is 1.00 bits per heavy atom. The van der Waals surface area contributed by atoms with Crippen molar-refractivity contribution in [1.82, 2.24) is 5.32 Å². The summed E-state index contributed by atoms with van der Waals surface area (Å²) < 4.78 is 52.5. The highest BCUT2D eigenvalue weighted by molar-refractivity contribution is 7.99. The number of nitrogens with zero attached hydrogens (tertiary/aromatic N) is 1. The highest BCUT2D eigenvalue weighted by Crippen LogP contribution is 2.34. The van der Waals surface area contributed by atoms with Crippen LogP contribution in [0.3, 0.4) is 0 Å². The van der Waals surface area contributed by atoms with E-state index in [-0.39, 0.29) is 10.6 Å². The zero-order valence-electron chi connectivity index (χ0n) is 19.2. The number of hydrogen-bond donors (Lipinski definition) is 1. The first-order valence-corrected chi connectivity index (χ1v) is 14.0. The normalized spacial score (nSPS) is 12.7. The zero-order chi connectivity index (χ0) is 25.5. The average Bonchev–Trinajstić information content (AvgIpc) is 2.88. The molecule has 0 unspecified atom stereocenters. The van der Waals surface area contributed by atoms with Crippen LogP contribution in [0.15, 0.2) is 76.5 Å². The van der Waals surface area contributed by atoms with Gasteiger partial charge in [0.2, 0.25) is 5.91 Å². The molecule has 1 aliphatic rings. The van der Waals surface area contributed by atoms with Crippen molar-refractivity contribution in [3.05, 3.63) is 77.6 Å². The fourth-order valence-electron chi connectivity index (χ4n) is 3.44. The van der Waals surface area contributed by atoms with Gasteiger partial charge in [0.1, 0.15) is 25.6 Å². The van der Waals surface area contributed by atoms with Gasteiger partial charge in [-0.05, 0) is 72.8 Å². The predicted molar refractivity (Wildman–Crippen MR) is 138 cm³/mol. The van der Waals surface area contributed by atoms with E-state index in [4.69, 9.17) is 21.1 Å². The fraction of sp³-hybridized carbons (Fsp3) is 0.240. The Balaban J connectivity index is 1.42. The number of anilines is 1. The molecule has 0 saturated carbocycles. The Morgan fingerprint density at radius 3 is 2.42 bits per heavy atom. The second-order valence-corrected chi connectivity index (χ2v) is 11.3. The van der Waals surface area contributed by atoms with Crippen LogP contribution in [0.5, 0.6) is 11.5 Å². The summed E-state index contributed by atoms with van der Waals surface area (Å²) in [5.74, 6) is 0.529. The molecule has 1 heterocycles. The van der Waals surface area contributed by atoms with Gasteiger partial charge < -0.3 is 14.8 Å². The van der Waals surface area contributed by atoms with Crippen LogP contribution in [0, 0.1) is 5.82 Å². The minimum atomic E-state index is -4.17. The minimum Gasteiger partial charge on any atom is -0.486 e. The maximum atomic E-state index is 13.5. The molecule has 0 atom stereocenters. The van der Waals surface area contributed by atoms with Gasteiger partial charge in [-0.2, -0.15) is 0 Å². The maximum Gasteiger partial charge on any atom is 0.264 e. The van der Waals surface area contributed by atoms with E-state index in [9.17, 15) is 17.6 Å². The topological polar surface area (TPSA) is 84.9 Å². The molecule has 0 bridgehead atoms. The average molecular weight is 551 g/mol. The highest BCUT2D eigenvalue weighted by Gasteiger charge is 2.29. The van der Waals surface area contributed by atoms with Crippen molar-refractivity contribution >= 4 is 45.0 Å². The van der Waals surface area contributed by atoms with Gasteiger partial charge in [-0.1, -0.05) is 11.6 Å². The summed E-state index contributed by atoms with van der Waals surface area (Å²) in [5, 5.41) is 3.43. The lowest BCUT2D eigenvalue weighted by Gasteiger charge is -2.25. The molecule has 36 heavy (non-hydrogen) atoms. The van der Waals surface area contributed by atoms with Crippen LogP contribution in [-0.2, 0) is 14.8 Å². The molecule has 0 radical (unpaired) electrons. The van der Waals surface area contributed by atoms with Gasteiger partial charge >= 0.3 is 0 Å². The molecule has 4 rings (SSSR count). The number of benzene rings is 3. The zero-order valence-corrected chi connectivity index (χ0v) is 21.5. The maximum absolute atomic E-state index is 13.5. The number of ether oxygens (including phenoxy) is 2. The smallest absolute Gasteiger partial charge is 0.264 e. The molecule has 1 aliphatic heterocycles. The van der Waals surface area contributed by atoms with Gasteiger partial charge in [0.05, 0.1) is 10.6 Å². The van der Waals surface area contributed by atoms with Crippen molar-refractivity contribution < 1.29 is 27.1 Å². The minimum absolute atomic E-state index is 0.0664. The predicted octanol–water partition coefficient (Wildman–Crippen LogP) is 4.74. The van der Waals surface area contributed by atoms with Crippen LogP contribution in [0.1, 0.15) is 6.42 Å². The Labute approximate surface area is 218 Å². The first kappa shape index (κ1) is 26.1. The summed E-state index contributed by atoms with van der Waals surface area (Å²) in [6, 6.07) is 16.7. The lowest BCUT2D eigenvalue weighted by Crippen LogP contribution is -2.41. The molecular weight excluding hydrogens is 527 g/mol. The van der Waals surface area contributed by atoms with E-state index in [1.165, 1.54) is 30.3 Å².